The summed E-state index contributed by atoms with van der Waals surface area (Å²) in [7, 11) is 1.62. The van der Waals surface area contributed by atoms with Crippen molar-refractivity contribution in [1.29, 1.82) is 0 Å². The van der Waals surface area contributed by atoms with Crippen molar-refractivity contribution < 1.29 is 14.3 Å². The predicted molar refractivity (Wildman–Crippen MR) is 89.1 cm³/mol. The minimum atomic E-state index is -0.00870. The molecule has 2 heterocycles. The molecule has 0 radical (unpaired) electrons. The molecule has 1 fully saturated rings. The van der Waals surface area contributed by atoms with Crippen molar-refractivity contribution in [2.45, 2.75) is 19.8 Å². The quantitative estimate of drug-likeness (QED) is 0.874. The maximum atomic E-state index is 12.9. The highest BCUT2D eigenvalue weighted by molar-refractivity contribution is 6.07. The van der Waals surface area contributed by atoms with E-state index in [1.165, 1.54) is 5.56 Å². The van der Waals surface area contributed by atoms with E-state index in [2.05, 4.69) is 18.8 Å². The summed E-state index contributed by atoms with van der Waals surface area (Å²) in [4.78, 5) is 19.2. The summed E-state index contributed by atoms with van der Waals surface area (Å²) < 4.78 is 10.7. The van der Waals surface area contributed by atoms with E-state index in [1.807, 2.05) is 17.0 Å². The molecule has 3 rings (SSSR count). The zero-order valence-corrected chi connectivity index (χ0v) is 13.8. The number of pyridine rings is 1. The molecule has 1 aromatic carbocycles. The number of ether oxygens (including phenoxy) is 2. The zero-order valence-electron chi connectivity index (χ0n) is 13.8. The van der Waals surface area contributed by atoms with Crippen molar-refractivity contribution in [3.05, 3.63) is 35.5 Å². The largest absolute Gasteiger partial charge is 0.497 e. The SMILES string of the molecule is COc1cc(C(=O)N2CCOCC2)c2nccc(C(C)C)c2c1. The number of amides is 1. The number of benzene rings is 1. The summed E-state index contributed by atoms with van der Waals surface area (Å²) in [5.41, 5.74) is 2.52. The number of nitrogens with zero attached hydrogens (tertiary/aromatic N) is 2. The van der Waals surface area contributed by atoms with Gasteiger partial charge in [-0.1, -0.05) is 13.8 Å². The lowest BCUT2D eigenvalue weighted by Crippen LogP contribution is -2.40. The maximum absolute atomic E-state index is 12.9. The Morgan fingerprint density at radius 2 is 2.04 bits per heavy atom. The maximum Gasteiger partial charge on any atom is 0.256 e. The Hall–Kier alpha value is -2.14. The summed E-state index contributed by atoms with van der Waals surface area (Å²) in [6.07, 6.45) is 1.78. The molecule has 1 aliphatic heterocycles. The smallest absolute Gasteiger partial charge is 0.256 e. The molecule has 2 aromatic rings. The molecule has 0 atom stereocenters. The Bertz CT molecular complexity index is 722. The van der Waals surface area contributed by atoms with Gasteiger partial charge in [-0.3, -0.25) is 9.78 Å². The Morgan fingerprint density at radius 1 is 1.30 bits per heavy atom. The van der Waals surface area contributed by atoms with Gasteiger partial charge in [0.2, 0.25) is 0 Å². The van der Waals surface area contributed by atoms with Crippen molar-refractivity contribution in [2.24, 2.45) is 0 Å². The number of carbonyl (C=O) groups is 1. The summed E-state index contributed by atoms with van der Waals surface area (Å²) in [5.74, 6) is 1.02. The molecule has 1 saturated heterocycles. The zero-order chi connectivity index (χ0) is 16.4. The van der Waals surface area contributed by atoms with Gasteiger partial charge in [0.05, 0.1) is 31.4 Å². The van der Waals surface area contributed by atoms with E-state index in [-0.39, 0.29) is 5.91 Å². The highest BCUT2D eigenvalue weighted by Gasteiger charge is 2.23. The molecule has 23 heavy (non-hydrogen) atoms. The molecular formula is C18H22N2O3. The van der Waals surface area contributed by atoms with Crippen LogP contribution in [-0.4, -0.2) is 49.2 Å². The highest BCUT2D eigenvalue weighted by atomic mass is 16.5. The van der Waals surface area contributed by atoms with Gasteiger partial charge in [0, 0.05) is 24.7 Å². The molecule has 0 saturated carbocycles. The minimum Gasteiger partial charge on any atom is -0.497 e. The molecule has 0 bridgehead atoms. The highest BCUT2D eigenvalue weighted by Crippen LogP contribution is 2.31. The van der Waals surface area contributed by atoms with Crippen LogP contribution >= 0.6 is 0 Å². The third kappa shape index (κ3) is 3.01. The van der Waals surface area contributed by atoms with Gasteiger partial charge in [0.15, 0.2) is 0 Å². The fourth-order valence-electron chi connectivity index (χ4n) is 2.97. The number of aromatic nitrogens is 1. The second-order valence-corrected chi connectivity index (χ2v) is 6.03. The normalized spacial score (nSPS) is 15.2. The van der Waals surface area contributed by atoms with Gasteiger partial charge in [-0.25, -0.2) is 0 Å². The van der Waals surface area contributed by atoms with Gasteiger partial charge in [0.1, 0.15) is 5.75 Å². The number of hydrogen-bond donors (Lipinski definition) is 0. The van der Waals surface area contributed by atoms with Crippen LogP contribution < -0.4 is 4.74 Å². The standard InChI is InChI=1S/C18H22N2O3/c1-12(2)14-4-5-19-17-15(14)10-13(22-3)11-16(17)18(21)20-6-8-23-9-7-20/h4-5,10-12H,6-9H2,1-3H3. The van der Waals surface area contributed by atoms with E-state index in [1.54, 1.807) is 19.4 Å². The second-order valence-electron chi connectivity index (χ2n) is 6.03. The number of hydrogen-bond acceptors (Lipinski definition) is 4. The van der Waals surface area contributed by atoms with E-state index >= 15 is 0 Å². The van der Waals surface area contributed by atoms with Crippen molar-refractivity contribution in [3.63, 3.8) is 0 Å². The van der Waals surface area contributed by atoms with Crippen LogP contribution in [0, 0.1) is 0 Å². The molecule has 1 aromatic heterocycles. The van der Waals surface area contributed by atoms with E-state index in [9.17, 15) is 4.79 Å². The molecular weight excluding hydrogens is 292 g/mol. The number of carbonyl (C=O) groups excluding carboxylic acids is 1. The Balaban J connectivity index is 2.15. The first-order valence-electron chi connectivity index (χ1n) is 7.95. The van der Waals surface area contributed by atoms with Gasteiger partial charge in [-0.2, -0.15) is 0 Å². The first-order chi connectivity index (χ1) is 11.1. The van der Waals surface area contributed by atoms with Crippen LogP contribution in [0.2, 0.25) is 0 Å². The van der Waals surface area contributed by atoms with Crippen LogP contribution in [0.3, 0.4) is 0 Å². The van der Waals surface area contributed by atoms with Gasteiger partial charge >= 0.3 is 0 Å². The van der Waals surface area contributed by atoms with Crippen molar-refractivity contribution in [2.75, 3.05) is 33.4 Å². The molecule has 0 N–H and O–H groups in total. The lowest BCUT2D eigenvalue weighted by atomic mass is 9.96. The van der Waals surface area contributed by atoms with Gasteiger partial charge in [-0.05, 0) is 29.7 Å². The van der Waals surface area contributed by atoms with Crippen LogP contribution in [-0.2, 0) is 4.74 Å². The molecule has 5 heteroatoms. The molecule has 1 amide bonds. The summed E-state index contributed by atoms with van der Waals surface area (Å²) >= 11 is 0. The van der Waals surface area contributed by atoms with E-state index in [0.717, 1.165) is 10.9 Å². The van der Waals surface area contributed by atoms with Crippen molar-refractivity contribution in [1.82, 2.24) is 9.88 Å². The van der Waals surface area contributed by atoms with Crippen LogP contribution in [0.25, 0.3) is 10.9 Å². The van der Waals surface area contributed by atoms with Crippen molar-refractivity contribution in [3.8, 4) is 5.75 Å². The second kappa shape index (κ2) is 6.54. The molecule has 0 unspecified atom stereocenters. The topological polar surface area (TPSA) is 51.7 Å². The molecule has 0 aliphatic carbocycles. The van der Waals surface area contributed by atoms with Gasteiger partial charge < -0.3 is 14.4 Å². The van der Waals surface area contributed by atoms with Crippen LogP contribution in [0.15, 0.2) is 24.4 Å². The average Bonchev–Trinajstić information content (AvgIpc) is 2.60. The molecule has 1 aliphatic rings. The number of fused-ring (bicyclic) bond motifs is 1. The predicted octanol–water partition coefficient (Wildman–Crippen LogP) is 2.84. The number of rotatable bonds is 3. The van der Waals surface area contributed by atoms with E-state index in [4.69, 9.17) is 9.47 Å². The minimum absolute atomic E-state index is 0.00870. The fraction of sp³-hybridized carbons (Fsp3) is 0.444. The first-order valence-corrected chi connectivity index (χ1v) is 7.95. The fourth-order valence-corrected chi connectivity index (χ4v) is 2.97. The van der Waals surface area contributed by atoms with Crippen LogP contribution in [0.5, 0.6) is 5.75 Å². The lowest BCUT2D eigenvalue weighted by Gasteiger charge is -2.27. The summed E-state index contributed by atoms with van der Waals surface area (Å²) in [6.45, 7) is 6.66. The summed E-state index contributed by atoms with van der Waals surface area (Å²) in [6, 6.07) is 5.76. The average molecular weight is 314 g/mol. The number of methoxy groups -OCH3 is 1. The molecule has 5 nitrogen and oxygen atoms in total. The first kappa shape index (κ1) is 15.7. The molecule has 122 valence electrons. The Labute approximate surface area is 136 Å². The monoisotopic (exact) mass is 314 g/mol. The Morgan fingerprint density at radius 3 is 2.70 bits per heavy atom. The van der Waals surface area contributed by atoms with Gasteiger partial charge in [-0.15, -0.1) is 0 Å². The third-order valence-corrected chi connectivity index (χ3v) is 4.24. The van der Waals surface area contributed by atoms with E-state index in [0.29, 0.717) is 43.5 Å². The Kier molecular flexibility index (Phi) is 4.48. The third-order valence-electron chi connectivity index (χ3n) is 4.24. The van der Waals surface area contributed by atoms with Crippen molar-refractivity contribution >= 4 is 16.8 Å². The lowest BCUT2D eigenvalue weighted by molar-refractivity contribution is 0.0304. The van der Waals surface area contributed by atoms with Gasteiger partial charge in [0.25, 0.3) is 5.91 Å². The van der Waals surface area contributed by atoms with Crippen LogP contribution in [0.1, 0.15) is 35.7 Å². The number of morpholine rings is 1. The van der Waals surface area contributed by atoms with Crippen LogP contribution in [0.4, 0.5) is 0 Å². The summed E-state index contributed by atoms with van der Waals surface area (Å²) in [5, 5.41) is 0.985. The molecule has 0 spiro atoms. The van der Waals surface area contributed by atoms with E-state index < -0.39 is 0 Å².